The predicted molar refractivity (Wildman–Crippen MR) is 276 cm³/mol. The number of carbonyl (C=O) groups excluding carboxylic acids is 1. The molecule has 2 aliphatic heterocycles. The molecule has 4 heterocycles. The topological polar surface area (TPSA) is 361 Å². The number of fused-ring (bicyclic) bond motifs is 7. The fourth-order valence-corrected chi connectivity index (χ4v) is 13.9. The SMILES string of the molecule is NC1CCC2C=Cc3ccccc3C12C1C(CC(O)CO)=CC2(C(=O)O)C1c1cc(O)c(OC3(O)OC(CO)C(O)C(O)C3O)cc1N2C(=O)C=Cc1ccc(O)c(C2CC(CO)C(CNc3ccc[nH]3)c3nc[nH]c32)c1. The Balaban J connectivity index is 1.03. The molecule has 15 unspecified atom stereocenters. The monoisotopic (exact) mass is 1060 g/mol. The summed E-state index contributed by atoms with van der Waals surface area (Å²) in [6, 6.07) is 17.7. The number of hydrogen-bond acceptors (Lipinski definition) is 17. The molecule has 0 radical (unpaired) electrons. The maximum atomic E-state index is 15.5. The second-order valence-electron chi connectivity index (χ2n) is 21.2. The minimum Gasteiger partial charge on any atom is -0.508 e. The molecule has 16 N–H and O–H groups in total. The summed E-state index contributed by atoms with van der Waals surface area (Å²) in [5.41, 5.74) is 8.23. The first-order chi connectivity index (χ1) is 37.0. The van der Waals surface area contributed by atoms with E-state index in [4.69, 9.17) is 15.2 Å². The highest BCUT2D eigenvalue weighted by Crippen LogP contribution is 2.69. The van der Waals surface area contributed by atoms with Crippen molar-refractivity contribution in [1.29, 1.82) is 0 Å². The number of rotatable bonds is 15. The van der Waals surface area contributed by atoms with E-state index in [9.17, 15) is 61.0 Å². The van der Waals surface area contributed by atoms with Crippen LogP contribution in [0, 0.1) is 17.8 Å². The first-order valence-electron chi connectivity index (χ1n) is 25.7. The lowest BCUT2D eigenvalue weighted by Crippen LogP contribution is -2.67. The molecule has 21 heteroatoms. The van der Waals surface area contributed by atoms with Crippen LogP contribution in [-0.2, 0) is 19.7 Å². The standard InChI is InChI=1S/C56H62N6O15/c57-43-13-11-31-10-9-28-4-1-2-5-37(28)55(31,43)46-29(17-32(66)24-64)21-54(53(73)74)47(46)35-19-40(68)41(76-56(75)52(72)51(71)50(70)42(25-65)77-56)20-38(35)62(54)45(69)14-8-27-7-12-39(67)33(16-27)34-18-30(23-63)36(49-48(34)60-26-61-49)22-59-44-6-3-15-58-44/h1-10,12,14-16,19-21,26,30-32,34,36,42-43,46-47,50-52,58-59,63-68,70-72,75H,11,13,17-18,22-25,57H2,(H,60,61)(H,73,74). The maximum Gasteiger partial charge on any atom is 0.355 e. The van der Waals surface area contributed by atoms with E-state index in [1.54, 1.807) is 24.7 Å². The second kappa shape index (κ2) is 19.8. The van der Waals surface area contributed by atoms with Crippen molar-refractivity contribution in [3.8, 4) is 17.2 Å². The lowest BCUT2D eigenvalue weighted by Gasteiger charge is -2.50. The highest BCUT2D eigenvalue weighted by atomic mass is 16.8. The van der Waals surface area contributed by atoms with Gasteiger partial charge in [-0.15, -0.1) is 0 Å². The number of nitrogens with one attached hydrogen (secondary N) is 3. The van der Waals surface area contributed by atoms with Gasteiger partial charge < -0.3 is 86.7 Å². The molecular formula is C56H62N6O15. The van der Waals surface area contributed by atoms with Crippen molar-refractivity contribution in [3.05, 3.63) is 142 Å². The number of carboxylic acids is 1. The molecule has 11 rings (SSSR count). The number of phenols is 2. The number of aromatic nitrogens is 3. The number of aromatic hydroxyl groups is 2. The van der Waals surface area contributed by atoms with E-state index >= 15 is 4.79 Å². The number of H-pyrrole nitrogens is 2. The molecule has 15 atom stereocenters. The highest BCUT2D eigenvalue weighted by Gasteiger charge is 2.71. The fraction of sp³-hybridized carbons (Fsp3) is 0.411. The molecule has 0 spiro atoms. The zero-order valence-corrected chi connectivity index (χ0v) is 41.5. The summed E-state index contributed by atoms with van der Waals surface area (Å²) in [5, 5.41) is 125. The van der Waals surface area contributed by atoms with Gasteiger partial charge in [-0.1, -0.05) is 48.1 Å². The lowest BCUT2D eigenvalue weighted by atomic mass is 9.53. The van der Waals surface area contributed by atoms with Gasteiger partial charge in [0.05, 0.1) is 37.0 Å². The van der Waals surface area contributed by atoms with Crippen LogP contribution in [0.25, 0.3) is 12.2 Å². The number of anilines is 2. The average Bonchev–Trinajstić information content (AvgIpc) is 4.03. The lowest BCUT2D eigenvalue weighted by molar-refractivity contribution is -0.422. The zero-order valence-electron chi connectivity index (χ0n) is 41.5. The Morgan fingerprint density at radius 2 is 1.77 bits per heavy atom. The van der Waals surface area contributed by atoms with Gasteiger partial charge in [0, 0.05) is 77.9 Å². The van der Waals surface area contributed by atoms with Crippen LogP contribution in [0.2, 0.25) is 0 Å². The minimum atomic E-state index is -3.23. The third-order valence-corrected chi connectivity index (χ3v) is 17.3. The van der Waals surface area contributed by atoms with Crippen LogP contribution in [0.15, 0.2) is 103 Å². The van der Waals surface area contributed by atoms with Gasteiger partial charge in [-0.2, -0.15) is 0 Å². The largest absolute Gasteiger partial charge is 0.508 e. The zero-order chi connectivity index (χ0) is 54.3. The van der Waals surface area contributed by atoms with Gasteiger partial charge in [-0.05, 0) is 102 Å². The van der Waals surface area contributed by atoms with E-state index in [0.717, 1.165) is 45.4 Å². The highest BCUT2D eigenvalue weighted by molar-refractivity contribution is 6.13. The van der Waals surface area contributed by atoms with Gasteiger partial charge in [-0.25, -0.2) is 9.78 Å². The number of carboxylic acid groups (broad SMARTS) is 1. The first kappa shape index (κ1) is 52.2. The summed E-state index contributed by atoms with van der Waals surface area (Å²) in [6.07, 6.45) is 3.28. The van der Waals surface area contributed by atoms with Gasteiger partial charge in [0.2, 0.25) is 0 Å². The van der Waals surface area contributed by atoms with Crippen LogP contribution < -0.4 is 20.7 Å². The number of amides is 1. The molecule has 5 aromatic rings. The van der Waals surface area contributed by atoms with Crippen LogP contribution in [-0.4, -0.2) is 157 Å². The quantitative estimate of drug-likeness (QED) is 0.0405. The number of nitrogens with zero attached hydrogens (tertiary/aromatic N) is 2. The molecule has 1 amide bonds. The predicted octanol–water partition coefficient (Wildman–Crippen LogP) is 1.96. The smallest absolute Gasteiger partial charge is 0.355 e. The van der Waals surface area contributed by atoms with Gasteiger partial charge in [0.15, 0.2) is 23.1 Å². The van der Waals surface area contributed by atoms with Crippen LogP contribution in [0.4, 0.5) is 11.5 Å². The third-order valence-electron chi connectivity index (χ3n) is 17.3. The summed E-state index contributed by atoms with van der Waals surface area (Å²) < 4.78 is 11.1. The van der Waals surface area contributed by atoms with Crippen LogP contribution in [0.5, 0.6) is 17.2 Å². The normalized spacial score (nSPS) is 33.2. The molecule has 3 aromatic carbocycles. The van der Waals surface area contributed by atoms with Crippen molar-refractivity contribution in [2.45, 2.75) is 96.9 Å². The number of aliphatic carboxylic acids is 1. The van der Waals surface area contributed by atoms with Crippen molar-refractivity contribution in [1.82, 2.24) is 15.0 Å². The van der Waals surface area contributed by atoms with Crippen LogP contribution in [0.1, 0.15) is 82.6 Å². The van der Waals surface area contributed by atoms with Gasteiger partial charge in [-0.3, -0.25) is 9.69 Å². The molecule has 406 valence electrons. The average molecular weight is 1060 g/mol. The Morgan fingerprint density at radius 1 is 0.961 bits per heavy atom. The van der Waals surface area contributed by atoms with E-state index in [2.05, 4.69) is 20.3 Å². The van der Waals surface area contributed by atoms with E-state index < -0.39 is 108 Å². The van der Waals surface area contributed by atoms with E-state index in [1.165, 1.54) is 24.3 Å². The number of carbonyl (C=O) groups is 2. The number of ether oxygens (including phenoxy) is 2. The van der Waals surface area contributed by atoms with Crippen molar-refractivity contribution in [2.24, 2.45) is 23.5 Å². The summed E-state index contributed by atoms with van der Waals surface area (Å²) in [6.45, 7) is -1.33. The van der Waals surface area contributed by atoms with E-state index in [-0.39, 0.29) is 47.8 Å². The molecule has 4 aliphatic carbocycles. The maximum absolute atomic E-state index is 15.5. The van der Waals surface area contributed by atoms with Crippen LogP contribution in [0.3, 0.4) is 0 Å². The van der Waals surface area contributed by atoms with Gasteiger partial charge >= 0.3 is 11.9 Å². The number of aliphatic hydroxyl groups is 8. The summed E-state index contributed by atoms with van der Waals surface area (Å²) in [7, 11) is 0. The number of allylic oxidation sites excluding steroid dienone is 1. The molecule has 0 bridgehead atoms. The summed E-state index contributed by atoms with van der Waals surface area (Å²) in [5.74, 6) is -9.73. The summed E-state index contributed by atoms with van der Waals surface area (Å²) in [4.78, 5) is 42.2. The van der Waals surface area contributed by atoms with Crippen molar-refractivity contribution in [3.63, 3.8) is 0 Å². The van der Waals surface area contributed by atoms with Crippen molar-refractivity contribution >= 4 is 35.5 Å². The Bertz CT molecular complexity index is 3160. The third kappa shape index (κ3) is 8.18. The Morgan fingerprint density at radius 3 is 2.51 bits per heavy atom. The van der Waals surface area contributed by atoms with Crippen molar-refractivity contribution < 1.29 is 75.2 Å². The van der Waals surface area contributed by atoms with E-state index in [0.29, 0.717) is 42.5 Å². The summed E-state index contributed by atoms with van der Waals surface area (Å²) >= 11 is 0. The number of hydrogen-bond donors (Lipinski definition) is 15. The molecule has 77 heavy (non-hydrogen) atoms. The number of aromatic amines is 2. The van der Waals surface area contributed by atoms with Gasteiger partial charge in [0.25, 0.3) is 5.91 Å². The number of aliphatic hydroxyl groups excluding tert-OH is 7. The first-order valence-corrected chi connectivity index (χ1v) is 25.7. The number of nitrogens with two attached hydrogens (primary N) is 1. The Labute approximate surface area is 440 Å². The molecular weight excluding hydrogens is 997 g/mol. The Hall–Kier alpha value is -6.89. The molecule has 2 aromatic heterocycles. The fourth-order valence-electron chi connectivity index (χ4n) is 13.9. The number of phenolic OH excluding ortho intramolecular Hbond substituents is 2. The molecule has 2 fully saturated rings. The van der Waals surface area contributed by atoms with Crippen LogP contribution >= 0.6 is 0 Å². The minimum absolute atomic E-state index is 0.0603. The molecule has 1 saturated heterocycles. The number of benzene rings is 3. The van der Waals surface area contributed by atoms with Gasteiger partial charge in [0.1, 0.15) is 29.9 Å². The Kier molecular flexibility index (Phi) is 13.4. The number of imidazole rings is 1. The molecule has 6 aliphatic rings. The molecule has 1 saturated carbocycles. The second-order valence-corrected chi connectivity index (χ2v) is 21.2. The molecule has 21 nitrogen and oxygen atoms in total. The van der Waals surface area contributed by atoms with Crippen molar-refractivity contribution in [2.75, 3.05) is 36.6 Å². The van der Waals surface area contributed by atoms with E-state index in [1.807, 2.05) is 48.6 Å².